The zero-order valence-electron chi connectivity index (χ0n) is 7.62. The molecule has 1 fully saturated rings. The summed E-state index contributed by atoms with van der Waals surface area (Å²) in [5.41, 5.74) is 5.27. The van der Waals surface area contributed by atoms with E-state index in [0.717, 1.165) is 18.2 Å². The first-order chi connectivity index (χ1) is 6.24. The summed E-state index contributed by atoms with van der Waals surface area (Å²) in [6.07, 6.45) is 0.763. The number of nitrogens with two attached hydrogens (primary N) is 1. The van der Waals surface area contributed by atoms with Crippen molar-refractivity contribution in [3.05, 3.63) is 0 Å². The first kappa shape index (κ1) is 13.5. The maximum Gasteiger partial charge on any atom is 0.279 e. The second-order valence-electron chi connectivity index (χ2n) is 2.73. The van der Waals surface area contributed by atoms with Gasteiger partial charge in [0.2, 0.25) is 5.91 Å². The van der Waals surface area contributed by atoms with E-state index in [1.54, 1.807) is 0 Å². The number of carbonyl (C=O) groups is 2. The predicted octanol–water partition coefficient (Wildman–Crippen LogP) is -0.302. The van der Waals surface area contributed by atoms with Crippen LogP contribution >= 0.6 is 24.2 Å². The lowest BCUT2D eigenvalue weighted by Gasteiger charge is -2.09. The predicted molar refractivity (Wildman–Crippen MR) is 58.7 cm³/mol. The van der Waals surface area contributed by atoms with Gasteiger partial charge >= 0.3 is 0 Å². The summed E-state index contributed by atoms with van der Waals surface area (Å²) < 4.78 is 0. The van der Waals surface area contributed by atoms with Gasteiger partial charge < -0.3 is 16.4 Å². The van der Waals surface area contributed by atoms with Crippen LogP contribution in [0.2, 0.25) is 0 Å². The third kappa shape index (κ3) is 4.17. The fourth-order valence-electron chi connectivity index (χ4n) is 0.963. The van der Waals surface area contributed by atoms with Crippen LogP contribution in [0.15, 0.2) is 0 Å². The number of amides is 2. The smallest absolute Gasteiger partial charge is 0.279 e. The van der Waals surface area contributed by atoms with E-state index in [1.165, 1.54) is 0 Å². The first-order valence-corrected chi connectivity index (χ1v) is 5.13. The van der Waals surface area contributed by atoms with E-state index >= 15 is 0 Å². The van der Waals surface area contributed by atoms with Crippen LogP contribution in [0, 0.1) is 0 Å². The average Bonchev–Trinajstić information content (AvgIpc) is 2.52. The van der Waals surface area contributed by atoms with Crippen molar-refractivity contribution in [3.8, 4) is 0 Å². The van der Waals surface area contributed by atoms with E-state index in [4.69, 9.17) is 5.73 Å². The van der Waals surface area contributed by atoms with E-state index in [-0.39, 0.29) is 29.6 Å². The molecule has 0 aliphatic carbocycles. The zero-order chi connectivity index (χ0) is 9.68. The van der Waals surface area contributed by atoms with E-state index in [9.17, 15) is 9.59 Å². The van der Waals surface area contributed by atoms with Crippen molar-refractivity contribution in [1.82, 2.24) is 10.6 Å². The summed E-state index contributed by atoms with van der Waals surface area (Å²) in [4.78, 5) is 22.0. The van der Waals surface area contributed by atoms with Gasteiger partial charge in [0.25, 0.3) is 5.24 Å². The van der Waals surface area contributed by atoms with Crippen molar-refractivity contribution >= 4 is 35.3 Å². The summed E-state index contributed by atoms with van der Waals surface area (Å²) in [5.74, 6) is 0.402. The fourth-order valence-corrected chi connectivity index (χ4v) is 1.74. The highest BCUT2D eigenvalue weighted by atomic mass is 35.5. The Balaban J connectivity index is 0.00000169. The van der Waals surface area contributed by atoms with Gasteiger partial charge in [-0.2, -0.15) is 0 Å². The van der Waals surface area contributed by atoms with Gasteiger partial charge in [-0.15, -0.1) is 12.4 Å². The number of hydrogen-bond acceptors (Lipinski definition) is 4. The van der Waals surface area contributed by atoms with Gasteiger partial charge in [-0.1, -0.05) is 11.8 Å². The SMILES string of the molecule is Cl.NCCCNC(=O)[C@@H]1CSC(=O)N1. The molecule has 1 rings (SSSR count). The van der Waals surface area contributed by atoms with Crippen LogP contribution < -0.4 is 16.4 Å². The highest BCUT2D eigenvalue weighted by molar-refractivity contribution is 8.14. The van der Waals surface area contributed by atoms with Gasteiger partial charge in [0.05, 0.1) is 0 Å². The summed E-state index contributed by atoms with van der Waals surface area (Å²) >= 11 is 1.14. The van der Waals surface area contributed by atoms with Crippen LogP contribution in [0.25, 0.3) is 0 Å². The third-order valence-electron chi connectivity index (χ3n) is 1.67. The van der Waals surface area contributed by atoms with Crippen molar-refractivity contribution in [2.24, 2.45) is 5.73 Å². The number of rotatable bonds is 4. The molecule has 1 saturated heterocycles. The minimum Gasteiger partial charge on any atom is -0.354 e. The molecule has 0 aromatic carbocycles. The van der Waals surface area contributed by atoms with Crippen LogP contribution in [-0.2, 0) is 4.79 Å². The second kappa shape index (κ2) is 6.92. The lowest BCUT2D eigenvalue weighted by molar-refractivity contribution is -0.122. The number of nitrogens with one attached hydrogen (secondary N) is 2. The Morgan fingerprint density at radius 2 is 2.43 bits per heavy atom. The van der Waals surface area contributed by atoms with Gasteiger partial charge in [0.15, 0.2) is 0 Å². The molecule has 1 aliphatic rings. The van der Waals surface area contributed by atoms with Crippen LogP contribution in [0.5, 0.6) is 0 Å². The molecule has 5 nitrogen and oxygen atoms in total. The number of carbonyl (C=O) groups excluding carboxylic acids is 2. The molecule has 0 aromatic heterocycles. The van der Waals surface area contributed by atoms with Gasteiger partial charge in [0.1, 0.15) is 6.04 Å². The highest BCUT2D eigenvalue weighted by Gasteiger charge is 2.27. The van der Waals surface area contributed by atoms with Crippen molar-refractivity contribution < 1.29 is 9.59 Å². The molecule has 1 aliphatic heterocycles. The zero-order valence-corrected chi connectivity index (χ0v) is 9.25. The molecule has 4 N–H and O–H groups in total. The largest absolute Gasteiger partial charge is 0.354 e. The van der Waals surface area contributed by atoms with E-state index in [0.29, 0.717) is 18.8 Å². The Hall–Kier alpha value is -0.460. The summed E-state index contributed by atoms with van der Waals surface area (Å²) in [6, 6.07) is -0.365. The average molecular weight is 240 g/mol. The Morgan fingerprint density at radius 3 is 2.93 bits per heavy atom. The molecule has 1 atom stereocenters. The molecule has 0 spiro atoms. The monoisotopic (exact) mass is 239 g/mol. The lowest BCUT2D eigenvalue weighted by atomic mass is 10.3. The second-order valence-corrected chi connectivity index (χ2v) is 3.72. The van der Waals surface area contributed by atoms with Crippen molar-refractivity contribution in [1.29, 1.82) is 0 Å². The molecule has 7 heteroatoms. The molecular weight excluding hydrogens is 226 g/mol. The van der Waals surface area contributed by atoms with Crippen LogP contribution in [0.1, 0.15) is 6.42 Å². The summed E-state index contributed by atoms with van der Waals surface area (Å²) in [5, 5.41) is 5.13. The third-order valence-corrected chi connectivity index (χ3v) is 2.55. The standard InChI is InChI=1S/C7H13N3O2S.ClH/c8-2-1-3-9-6(11)5-4-13-7(12)10-5;/h5H,1-4,8H2,(H,9,11)(H,10,12);1H/t5-;/m0./s1. The topological polar surface area (TPSA) is 84.2 Å². The molecule has 0 unspecified atom stereocenters. The molecule has 0 aromatic rings. The minimum atomic E-state index is -0.365. The van der Waals surface area contributed by atoms with Gasteiger partial charge in [-0.05, 0) is 13.0 Å². The van der Waals surface area contributed by atoms with Gasteiger partial charge in [-0.25, -0.2) is 0 Å². The molecular formula is C7H14ClN3O2S. The summed E-state index contributed by atoms with van der Waals surface area (Å²) in [7, 11) is 0. The van der Waals surface area contributed by atoms with Crippen LogP contribution in [-0.4, -0.2) is 36.0 Å². The molecule has 2 amide bonds. The quantitative estimate of drug-likeness (QED) is 0.588. The Kier molecular flexibility index (Phi) is 6.69. The molecule has 82 valence electrons. The number of halogens is 1. The van der Waals surface area contributed by atoms with Crippen LogP contribution in [0.4, 0.5) is 4.79 Å². The lowest BCUT2D eigenvalue weighted by Crippen LogP contribution is -2.43. The Labute approximate surface area is 93.0 Å². The van der Waals surface area contributed by atoms with Crippen molar-refractivity contribution in [3.63, 3.8) is 0 Å². The number of hydrogen-bond donors (Lipinski definition) is 3. The Bertz CT molecular complexity index is 215. The van der Waals surface area contributed by atoms with Gasteiger partial charge in [-0.3, -0.25) is 9.59 Å². The normalized spacial score (nSPS) is 19.8. The molecule has 14 heavy (non-hydrogen) atoms. The molecule has 0 radical (unpaired) electrons. The van der Waals surface area contributed by atoms with Gasteiger partial charge in [0, 0.05) is 12.3 Å². The molecule has 1 heterocycles. The van der Waals surface area contributed by atoms with E-state index in [1.807, 2.05) is 0 Å². The van der Waals surface area contributed by atoms with Crippen molar-refractivity contribution in [2.45, 2.75) is 12.5 Å². The minimum absolute atomic E-state index is 0. The highest BCUT2D eigenvalue weighted by Crippen LogP contribution is 2.12. The van der Waals surface area contributed by atoms with Crippen LogP contribution in [0.3, 0.4) is 0 Å². The van der Waals surface area contributed by atoms with E-state index < -0.39 is 0 Å². The van der Waals surface area contributed by atoms with Crippen molar-refractivity contribution in [2.75, 3.05) is 18.8 Å². The van der Waals surface area contributed by atoms with E-state index in [2.05, 4.69) is 10.6 Å². The molecule has 0 saturated carbocycles. The maximum absolute atomic E-state index is 11.3. The fraction of sp³-hybridized carbons (Fsp3) is 0.714. The maximum atomic E-state index is 11.3. The molecule has 0 bridgehead atoms. The Morgan fingerprint density at radius 1 is 1.71 bits per heavy atom. The number of thioether (sulfide) groups is 1. The summed E-state index contributed by atoms with van der Waals surface area (Å²) in [6.45, 7) is 1.14. The first-order valence-electron chi connectivity index (χ1n) is 4.15.